The molecule has 0 saturated carbocycles. The summed E-state index contributed by atoms with van der Waals surface area (Å²) in [5.74, 6) is -0.0875. The minimum absolute atomic E-state index is 0.0583. The average Bonchev–Trinajstić information content (AvgIpc) is 3.54. The highest BCUT2D eigenvalue weighted by Gasteiger charge is 2.22. The number of anilines is 1. The molecule has 0 aliphatic carbocycles. The molecule has 1 aromatic heterocycles. The topological polar surface area (TPSA) is 156 Å². The maximum Gasteiger partial charge on any atom is 0.408 e. The molecule has 4 rings (SSSR count). The van der Waals surface area contributed by atoms with Gasteiger partial charge in [-0.1, -0.05) is 48.5 Å². The van der Waals surface area contributed by atoms with Crippen molar-refractivity contribution in [3.05, 3.63) is 108 Å². The molecule has 0 unspecified atom stereocenters. The zero-order chi connectivity index (χ0) is 30.3. The van der Waals surface area contributed by atoms with Crippen LogP contribution in [0.25, 0.3) is 0 Å². The molecule has 0 spiro atoms. The van der Waals surface area contributed by atoms with E-state index in [9.17, 15) is 14.4 Å². The van der Waals surface area contributed by atoms with Gasteiger partial charge in [0.05, 0.1) is 19.1 Å². The summed E-state index contributed by atoms with van der Waals surface area (Å²) < 4.78 is 16.6. The Hall–Kier alpha value is -5.65. The van der Waals surface area contributed by atoms with E-state index in [1.54, 1.807) is 36.5 Å². The maximum absolute atomic E-state index is 13.0. The lowest BCUT2D eigenvalue weighted by Crippen LogP contribution is -2.47. The van der Waals surface area contributed by atoms with Gasteiger partial charge in [-0.3, -0.25) is 9.59 Å². The normalized spacial score (nSPS) is 11.4. The predicted octanol–water partition coefficient (Wildman–Crippen LogP) is 3.81. The number of H-pyrrole nitrogens is 1. The van der Waals surface area contributed by atoms with Crippen LogP contribution in [0.4, 0.5) is 10.5 Å². The number of carbonyl (C=O) groups excluding carboxylic acids is 3. The number of imidazole rings is 1. The molecule has 3 aromatic carbocycles. The Bertz CT molecular complexity index is 1500. The van der Waals surface area contributed by atoms with Gasteiger partial charge in [-0.2, -0.15) is 5.10 Å². The van der Waals surface area contributed by atoms with Crippen LogP contribution in [0.15, 0.2) is 96.5 Å². The summed E-state index contributed by atoms with van der Waals surface area (Å²) in [6.07, 6.45) is 3.86. The fourth-order valence-electron chi connectivity index (χ4n) is 3.84. The lowest BCUT2D eigenvalue weighted by Gasteiger charge is -2.16. The minimum atomic E-state index is -0.988. The first-order valence-electron chi connectivity index (χ1n) is 13.5. The highest BCUT2D eigenvalue weighted by Crippen LogP contribution is 2.28. The van der Waals surface area contributed by atoms with Crippen LogP contribution in [0.5, 0.6) is 11.5 Å². The van der Waals surface area contributed by atoms with Gasteiger partial charge in [0.2, 0.25) is 0 Å². The summed E-state index contributed by atoms with van der Waals surface area (Å²) in [5, 5.41) is 9.38. The predicted molar refractivity (Wildman–Crippen MR) is 160 cm³/mol. The van der Waals surface area contributed by atoms with Crippen LogP contribution in [0.3, 0.4) is 0 Å². The Balaban J connectivity index is 1.34. The van der Waals surface area contributed by atoms with E-state index in [4.69, 9.17) is 14.2 Å². The fraction of sp³-hybridized carbons (Fsp3) is 0.194. The van der Waals surface area contributed by atoms with E-state index in [1.165, 1.54) is 12.5 Å². The third kappa shape index (κ3) is 10.0. The van der Waals surface area contributed by atoms with Crippen molar-refractivity contribution in [3.63, 3.8) is 0 Å². The van der Waals surface area contributed by atoms with Crippen LogP contribution >= 0.6 is 0 Å². The molecule has 0 aliphatic heterocycles. The van der Waals surface area contributed by atoms with E-state index in [-0.39, 0.29) is 25.5 Å². The molecule has 0 saturated heterocycles. The Labute approximate surface area is 248 Å². The largest absolute Gasteiger partial charge is 0.490 e. The van der Waals surface area contributed by atoms with Crippen LogP contribution in [-0.4, -0.2) is 53.3 Å². The molecule has 12 nitrogen and oxygen atoms in total. The second-order valence-electron chi connectivity index (χ2n) is 9.12. The molecule has 4 aromatic rings. The van der Waals surface area contributed by atoms with Crippen LogP contribution in [-0.2, 0) is 27.4 Å². The van der Waals surface area contributed by atoms with Gasteiger partial charge in [0.1, 0.15) is 12.6 Å². The number of benzene rings is 3. The minimum Gasteiger partial charge on any atom is -0.490 e. The number of para-hydroxylation sites is 1. The first kappa shape index (κ1) is 30.3. The average molecular weight is 585 g/mol. The summed E-state index contributed by atoms with van der Waals surface area (Å²) in [6, 6.07) is 22.3. The number of hydrogen-bond donors (Lipinski definition) is 4. The number of alkyl carbamates (subject to hydrolysis) is 1. The Morgan fingerprint density at radius 3 is 2.47 bits per heavy atom. The number of rotatable bonds is 14. The Kier molecular flexibility index (Phi) is 11.3. The Morgan fingerprint density at radius 1 is 0.977 bits per heavy atom. The zero-order valence-corrected chi connectivity index (χ0v) is 23.5. The number of ether oxygens (including phenoxy) is 3. The first-order valence-corrected chi connectivity index (χ1v) is 13.5. The van der Waals surface area contributed by atoms with Gasteiger partial charge < -0.3 is 29.8 Å². The maximum atomic E-state index is 13.0. The van der Waals surface area contributed by atoms with Crippen molar-refractivity contribution in [3.8, 4) is 11.5 Å². The fourth-order valence-corrected chi connectivity index (χ4v) is 3.84. The third-order valence-electron chi connectivity index (χ3n) is 5.87. The first-order chi connectivity index (χ1) is 21.0. The summed E-state index contributed by atoms with van der Waals surface area (Å²) >= 11 is 0. The second-order valence-corrected chi connectivity index (χ2v) is 9.12. The standard InChI is InChI=1S/C31H32N6O6/c1-2-41-28-15-23(13-14-27(28)42-20-29(38)35-24-11-7-4-8-12-24)17-34-37-30(39)26(16-25-18-32-21-33-25)36-31(40)43-19-22-9-5-3-6-10-22/h3-15,17-18,21,26H,2,16,19-20H2,1H3,(H,32,33)(H,35,38)(H,36,40)(H,37,39)/b34-17-/t26-/m0/s1. The van der Waals surface area contributed by atoms with Crippen LogP contribution in [0, 0.1) is 0 Å². The number of carbonyl (C=O) groups is 3. The van der Waals surface area contributed by atoms with Gasteiger partial charge in [0, 0.05) is 24.0 Å². The number of amides is 3. The summed E-state index contributed by atoms with van der Waals surface area (Å²) in [7, 11) is 0. The van der Waals surface area contributed by atoms with Crippen molar-refractivity contribution in [2.75, 3.05) is 18.5 Å². The van der Waals surface area contributed by atoms with Crippen molar-refractivity contribution in [2.45, 2.75) is 26.0 Å². The Morgan fingerprint density at radius 2 is 1.74 bits per heavy atom. The third-order valence-corrected chi connectivity index (χ3v) is 5.87. The quantitative estimate of drug-likeness (QED) is 0.130. The lowest BCUT2D eigenvalue weighted by atomic mass is 10.1. The molecule has 3 amide bonds. The van der Waals surface area contributed by atoms with E-state index in [1.807, 2.05) is 55.5 Å². The van der Waals surface area contributed by atoms with Crippen LogP contribution in [0.2, 0.25) is 0 Å². The molecule has 4 N–H and O–H groups in total. The molecule has 1 atom stereocenters. The highest BCUT2D eigenvalue weighted by molar-refractivity contribution is 5.92. The van der Waals surface area contributed by atoms with Gasteiger partial charge in [-0.05, 0) is 48.4 Å². The van der Waals surface area contributed by atoms with Crippen molar-refractivity contribution in [2.24, 2.45) is 5.10 Å². The van der Waals surface area contributed by atoms with Crippen LogP contribution < -0.4 is 25.5 Å². The van der Waals surface area contributed by atoms with Crippen molar-refractivity contribution < 1.29 is 28.6 Å². The van der Waals surface area contributed by atoms with E-state index in [2.05, 4.69) is 31.1 Å². The van der Waals surface area contributed by atoms with Crippen molar-refractivity contribution in [1.29, 1.82) is 0 Å². The molecule has 0 bridgehead atoms. The molecular weight excluding hydrogens is 552 g/mol. The molecule has 0 fully saturated rings. The number of aromatic nitrogens is 2. The van der Waals surface area contributed by atoms with Gasteiger partial charge in [-0.25, -0.2) is 15.2 Å². The summed E-state index contributed by atoms with van der Waals surface area (Å²) in [6.45, 7) is 2.04. The number of nitrogens with zero attached hydrogens (tertiary/aromatic N) is 2. The zero-order valence-electron chi connectivity index (χ0n) is 23.5. The van der Waals surface area contributed by atoms with Crippen molar-refractivity contribution in [1.82, 2.24) is 20.7 Å². The molecule has 0 radical (unpaired) electrons. The second kappa shape index (κ2) is 16.0. The molecular formula is C31H32N6O6. The van der Waals surface area contributed by atoms with Gasteiger partial charge >= 0.3 is 6.09 Å². The number of hydrogen-bond acceptors (Lipinski definition) is 8. The molecule has 0 aliphatic rings. The van der Waals surface area contributed by atoms with E-state index < -0.39 is 18.0 Å². The van der Waals surface area contributed by atoms with Gasteiger partial charge in [-0.15, -0.1) is 0 Å². The van der Waals surface area contributed by atoms with Gasteiger partial charge in [0.25, 0.3) is 11.8 Å². The van der Waals surface area contributed by atoms with E-state index in [0.717, 1.165) is 5.56 Å². The van der Waals surface area contributed by atoms with Crippen molar-refractivity contribution >= 4 is 29.8 Å². The highest BCUT2D eigenvalue weighted by atomic mass is 16.5. The van der Waals surface area contributed by atoms with Gasteiger partial charge in [0.15, 0.2) is 18.1 Å². The molecule has 222 valence electrons. The number of aromatic amines is 1. The summed E-state index contributed by atoms with van der Waals surface area (Å²) in [4.78, 5) is 44.6. The number of hydrazone groups is 1. The summed E-state index contributed by atoms with van der Waals surface area (Å²) in [5.41, 5.74) is 5.18. The van der Waals surface area contributed by atoms with Crippen LogP contribution in [0.1, 0.15) is 23.7 Å². The molecule has 12 heteroatoms. The lowest BCUT2D eigenvalue weighted by molar-refractivity contribution is -0.123. The SMILES string of the molecule is CCOc1cc(/C=N\NC(=O)[C@H](Cc2cnc[nH]2)NC(=O)OCc2ccccc2)ccc1OCC(=O)Nc1ccccc1. The van der Waals surface area contributed by atoms with E-state index in [0.29, 0.717) is 35.1 Å². The molecule has 43 heavy (non-hydrogen) atoms. The monoisotopic (exact) mass is 584 g/mol. The van der Waals surface area contributed by atoms with E-state index >= 15 is 0 Å². The molecule has 1 heterocycles. The number of nitrogens with one attached hydrogen (secondary N) is 4. The smallest absolute Gasteiger partial charge is 0.408 e.